The number of benzene rings is 1. The third kappa shape index (κ3) is 2.91. The molecule has 3 N–H and O–H groups in total. The molecule has 1 aromatic rings. The second-order valence-corrected chi connectivity index (χ2v) is 8.69. The molecule has 3 unspecified atom stereocenters. The van der Waals surface area contributed by atoms with Crippen LogP contribution in [0.5, 0.6) is 0 Å². The predicted molar refractivity (Wildman–Crippen MR) is 110 cm³/mol. The number of likely N-dealkylation sites (N-methyl/N-ethyl adjacent to an activating group) is 1. The molecule has 148 valence electrons. The van der Waals surface area contributed by atoms with Crippen molar-refractivity contribution in [3.8, 4) is 0 Å². The summed E-state index contributed by atoms with van der Waals surface area (Å²) >= 11 is 1.47. The van der Waals surface area contributed by atoms with Crippen molar-refractivity contribution < 1.29 is 14.7 Å². The van der Waals surface area contributed by atoms with Gasteiger partial charge < -0.3 is 15.7 Å². The monoisotopic (exact) mass is 400 g/mol. The Morgan fingerprint density at radius 3 is 2.57 bits per heavy atom. The van der Waals surface area contributed by atoms with Crippen molar-refractivity contribution in [1.82, 2.24) is 4.90 Å². The predicted octanol–water partition coefficient (Wildman–Crippen LogP) is 1.43. The van der Waals surface area contributed by atoms with Crippen LogP contribution >= 0.6 is 11.8 Å². The first kappa shape index (κ1) is 19.0. The third-order valence-electron chi connectivity index (χ3n) is 5.86. The van der Waals surface area contributed by atoms with Crippen molar-refractivity contribution in [2.75, 3.05) is 18.5 Å². The van der Waals surface area contributed by atoms with E-state index in [9.17, 15) is 14.7 Å². The van der Waals surface area contributed by atoms with Gasteiger partial charge in [-0.1, -0.05) is 12.1 Å². The highest BCUT2D eigenvalue weighted by atomic mass is 32.2. The summed E-state index contributed by atoms with van der Waals surface area (Å²) in [6.45, 7) is 2.60. The van der Waals surface area contributed by atoms with Crippen molar-refractivity contribution in [3.05, 3.63) is 41.3 Å². The van der Waals surface area contributed by atoms with E-state index >= 15 is 0 Å². The topological polar surface area (TPSA) is 99.2 Å². The van der Waals surface area contributed by atoms with Gasteiger partial charge >= 0.3 is 0 Å². The van der Waals surface area contributed by atoms with E-state index in [0.29, 0.717) is 6.42 Å². The highest BCUT2D eigenvalue weighted by Crippen LogP contribution is 2.46. The lowest BCUT2D eigenvalue weighted by Crippen LogP contribution is -2.58. The fourth-order valence-corrected chi connectivity index (χ4v) is 5.43. The minimum Gasteiger partial charge on any atom is -0.388 e. The van der Waals surface area contributed by atoms with Crippen LogP contribution in [-0.2, 0) is 9.59 Å². The standard InChI is InChI=1S/C20H24N4O3S/c1-20(17-14(25)9-11-28-17)16(18(27)23(2)19(21)22-20)12-5-7-13(8-6-12)24-10-3-4-15(24)26/h5-9,11,14,16-17,25H,3-4,10H2,1-2H3,(H2,21,22)/t14?,16?,17?,20-/m0/s1. The summed E-state index contributed by atoms with van der Waals surface area (Å²) in [6.07, 6.45) is 2.45. The van der Waals surface area contributed by atoms with Gasteiger partial charge in [0.25, 0.3) is 0 Å². The van der Waals surface area contributed by atoms with E-state index in [1.165, 1.54) is 16.7 Å². The summed E-state index contributed by atoms with van der Waals surface area (Å²) in [5.74, 6) is -0.456. The molecule has 0 aromatic heterocycles. The number of carbonyl (C=O) groups is 2. The molecule has 0 aliphatic carbocycles. The van der Waals surface area contributed by atoms with E-state index in [2.05, 4.69) is 4.99 Å². The molecular weight excluding hydrogens is 376 g/mol. The first-order chi connectivity index (χ1) is 13.3. The van der Waals surface area contributed by atoms with Crippen molar-refractivity contribution in [1.29, 1.82) is 0 Å². The largest absolute Gasteiger partial charge is 0.388 e. The van der Waals surface area contributed by atoms with Crippen LogP contribution in [0.25, 0.3) is 0 Å². The van der Waals surface area contributed by atoms with Gasteiger partial charge in [-0.3, -0.25) is 14.5 Å². The number of anilines is 1. The number of aliphatic imine (C=N–C) groups is 1. The molecule has 8 heteroatoms. The Morgan fingerprint density at radius 2 is 2.00 bits per heavy atom. The first-order valence-electron chi connectivity index (χ1n) is 9.36. The van der Waals surface area contributed by atoms with E-state index in [1.54, 1.807) is 18.0 Å². The molecule has 1 saturated heterocycles. The molecule has 0 bridgehead atoms. The van der Waals surface area contributed by atoms with E-state index in [4.69, 9.17) is 5.73 Å². The van der Waals surface area contributed by atoms with Crippen molar-refractivity contribution >= 4 is 35.2 Å². The van der Waals surface area contributed by atoms with Gasteiger partial charge in [-0.05, 0) is 42.5 Å². The highest BCUT2D eigenvalue weighted by Gasteiger charge is 2.53. The quantitative estimate of drug-likeness (QED) is 0.800. The minimum atomic E-state index is -0.897. The van der Waals surface area contributed by atoms with Crippen molar-refractivity contribution in [3.63, 3.8) is 0 Å². The lowest BCUT2D eigenvalue weighted by atomic mass is 9.75. The number of guanidine groups is 1. The van der Waals surface area contributed by atoms with Crippen LogP contribution in [0.2, 0.25) is 0 Å². The van der Waals surface area contributed by atoms with Crippen LogP contribution in [0, 0.1) is 0 Å². The normalized spacial score (nSPS) is 33.0. The third-order valence-corrected chi connectivity index (χ3v) is 7.22. The van der Waals surface area contributed by atoms with Gasteiger partial charge in [-0.25, -0.2) is 4.99 Å². The van der Waals surface area contributed by atoms with E-state index < -0.39 is 17.6 Å². The molecule has 3 heterocycles. The van der Waals surface area contributed by atoms with Crippen LogP contribution in [0.4, 0.5) is 5.69 Å². The summed E-state index contributed by atoms with van der Waals surface area (Å²) in [5, 5.41) is 12.0. The first-order valence-corrected chi connectivity index (χ1v) is 10.3. The Hall–Kier alpha value is -2.32. The Kier molecular flexibility index (Phi) is 4.71. The lowest BCUT2D eigenvalue weighted by molar-refractivity contribution is -0.130. The summed E-state index contributed by atoms with van der Waals surface area (Å²) in [7, 11) is 1.61. The van der Waals surface area contributed by atoms with Crippen LogP contribution in [0.15, 0.2) is 40.7 Å². The number of nitrogens with two attached hydrogens (primary N) is 1. The summed E-state index contributed by atoms with van der Waals surface area (Å²) in [5.41, 5.74) is 6.76. The average molecular weight is 401 g/mol. The number of hydrogen-bond donors (Lipinski definition) is 2. The van der Waals surface area contributed by atoms with Gasteiger partial charge in [0, 0.05) is 25.7 Å². The number of hydrogen-bond acceptors (Lipinski definition) is 6. The SMILES string of the molecule is CN1C(=O)C(c2ccc(N3CCCC3=O)cc2)[C@@](C)(C2SC=CC2O)N=C1N. The Labute approximate surface area is 168 Å². The van der Waals surface area contributed by atoms with Gasteiger partial charge in [0.1, 0.15) is 0 Å². The molecule has 1 aromatic carbocycles. The summed E-state index contributed by atoms with van der Waals surface area (Å²) in [6, 6.07) is 7.52. The fraction of sp³-hybridized carbons (Fsp3) is 0.450. The highest BCUT2D eigenvalue weighted by molar-refractivity contribution is 8.03. The van der Waals surface area contributed by atoms with Crippen molar-refractivity contribution in [2.45, 2.75) is 42.6 Å². The van der Waals surface area contributed by atoms with Gasteiger partial charge in [-0.15, -0.1) is 11.8 Å². The second-order valence-electron chi connectivity index (χ2n) is 7.64. The fourth-order valence-electron chi connectivity index (χ4n) is 4.29. The second kappa shape index (κ2) is 6.93. The Morgan fingerprint density at radius 1 is 1.29 bits per heavy atom. The zero-order valence-corrected chi connectivity index (χ0v) is 16.7. The number of amides is 2. The van der Waals surface area contributed by atoms with Gasteiger partial charge in [0.2, 0.25) is 11.8 Å². The Bertz CT molecular complexity index is 869. The number of aliphatic hydroxyl groups is 1. The molecule has 0 spiro atoms. The minimum absolute atomic E-state index is 0.125. The number of thioether (sulfide) groups is 1. The van der Waals surface area contributed by atoms with Gasteiger partial charge in [0.05, 0.1) is 22.8 Å². The smallest absolute Gasteiger partial charge is 0.239 e. The lowest BCUT2D eigenvalue weighted by Gasteiger charge is -2.44. The number of rotatable bonds is 3. The maximum Gasteiger partial charge on any atom is 0.239 e. The molecule has 4 rings (SSSR count). The molecule has 4 atom stereocenters. The molecule has 0 radical (unpaired) electrons. The molecule has 3 aliphatic rings. The van der Waals surface area contributed by atoms with E-state index in [-0.39, 0.29) is 23.0 Å². The van der Waals surface area contributed by atoms with Gasteiger partial charge in [0.15, 0.2) is 5.96 Å². The average Bonchev–Trinajstić information content (AvgIpc) is 3.29. The van der Waals surface area contributed by atoms with Crippen molar-refractivity contribution in [2.24, 2.45) is 10.7 Å². The van der Waals surface area contributed by atoms with Gasteiger partial charge in [-0.2, -0.15) is 0 Å². The van der Waals surface area contributed by atoms with E-state index in [1.807, 2.05) is 36.6 Å². The Balaban J connectivity index is 1.73. The molecule has 2 amide bonds. The molecule has 1 fully saturated rings. The molecule has 0 saturated carbocycles. The van der Waals surface area contributed by atoms with Crippen LogP contribution in [-0.4, -0.2) is 58.3 Å². The summed E-state index contributed by atoms with van der Waals surface area (Å²) in [4.78, 5) is 33.0. The maximum absolute atomic E-state index is 13.2. The zero-order chi connectivity index (χ0) is 20.1. The summed E-state index contributed by atoms with van der Waals surface area (Å²) < 4.78 is 0. The number of nitrogens with zero attached hydrogens (tertiary/aromatic N) is 3. The molecule has 3 aliphatic heterocycles. The van der Waals surface area contributed by atoms with Crippen LogP contribution in [0.1, 0.15) is 31.2 Å². The molecular formula is C20H24N4O3S. The number of carbonyl (C=O) groups excluding carboxylic acids is 2. The van der Waals surface area contributed by atoms with Crippen LogP contribution in [0.3, 0.4) is 0 Å². The number of aliphatic hydroxyl groups excluding tert-OH is 1. The zero-order valence-electron chi connectivity index (χ0n) is 15.9. The van der Waals surface area contributed by atoms with Crippen LogP contribution < -0.4 is 10.6 Å². The van der Waals surface area contributed by atoms with E-state index in [0.717, 1.165) is 24.2 Å². The molecule has 7 nitrogen and oxygen atoms in total. The molecule has 28 heavy (non-hydrogen) atoms. The maximum atomic E-state index is 13.2.